The van der Waals surface area contributed by atoms with Crippen molar-refractivity contribution in [3.05, 3.63) is 58.9 Å². The van der Waals surface area contributed by atoms with E-state index in [2.05, 4.69) is 4.98 Å². The number of rotatable bonds is 1. The third-order valence-corrected chi connectivity index (χ3v) is 3.52. The van der Waals surface area contributed by atoms with Gasteiger partial charge in [-0.2, -0.15) is 0 Å². The zero-order valence-electron chi connectivity index (χ0n) is 10.5. The van der Waals surface area contributed by atoms with E-state index < -0.39 is 0 Å². The lowest BCUT2D eigenvalue weighted by Gasteiger charge is -2.28. The van der Waals surface area contributed by atoms with Gasteiger partial charge in [0.25, 0.3) is 5.91 Å². The molecular weight excluding hydrogens is 276 g/mol. The minimum absolute atomic E-state index is 0.0151. The van der Waals surface area contributed by atoms with E-state index in [-0.39, 0.29) is 11.7 Å². The van der Waals surface area contributed by atoms with Gasteiger partial charge in [-0.1, -0.05) is 11.6 Å². The lowest BCUT2D eigenvalue weighted by atomic mass is 9.99. The Balaban J connectivity index is 2.03. The first kappa shape index (κ1) is 12.8. The summed E-state index contributed by atoms with van der Waals surface area (Å²) in [4.78, 5) is 30.0. The van der Waals surface area contributed by atoms with Gasteiger partial charge in [-0.05, 0) is 30.3 Å². The summed E-state index contributed by atoms with van der Waals surface area (Å²) in [7, 11) is 0. The van der Waals surface area contributed by atoms with E-state index in [4.69, 9.17) is 11.6 Å². The lowest BCUT2D eigenvalue weighted by molar-refractivity contribution is 0.0955. The molecule has 20 heavy (non-hydrogen) atoms. The van der Waals surface area contributed by atoms with Gasteiger partial charge in [0, 0.05) is 41.5 Å². The van der Waals surface area contributed by atoms with Crippen LogP contribution in [0.5, 0.6) is 0 Å². The number of halogens is 1. The summed E-state index contributed by atoms with van der Waals surface area (Å²) in [6.07, 6.45) is 3.46. The van der Waals surface area contributed by atoms with Crippen LogP contribution in [0.1, 0.15) is 27.1 Å². The van der Waals surface area contributed by atoms with Gasteiger partial charge in [0.15, 0.2) is 5.78 Å². The molecule has 0 atom stereocenters. The number of carbonyl (C=O) groups is 2. The second-order valence-electron chi connectivity index (χ2n) is 4.53. The van der Waals surface area contributed by atoms with Gasteiger partial charge in [0.05, 0.1) is 5.69 Å². The van der Waals surface area contributed by atoms with E-state index in [9.17, 15) is 9.59 Å². The Morgan fingerprint density at radius 2 is 1.95 bits per heavy atom. The number of pyridine rings is 1. The standard InChI is InChI=1S/C15H11ClN2O2/c16-11-1-2-13-12(9-11)14(19)5-8-18(13)15(20)10-3-6-17-7-4-10/h1-4,6-7,9H,5,8H2. The van der Waals surface area contributed by atoms with Crippen molar-refractivity contribution in [2.24, 2.45) is 0 Å². The van der Waals surface area contributed by atoms with Crippen LogP contribution in [-0.2, 0) is 0 Å². The molecule has 0 saturated heterocycles. The molecule has 4 nitrogen and oxygen atoms in total. The summed E-state index contributed by atoms with van der Waals surface area (Å²) in [5, 5.41) is 0.496. The van der Waals surface area contributed by atoms with Crippen LogP contribution in [0.3, 0.4) is 0 Å². The van der Waals surface area contributed by atoms with Gasteiger partial charge < -0.3 is 4.90 Å². The summed E-state index contributed by atoms with van der Waals surface area (Å²) in [6, 6.07) is 8.34. The van der Waals surface area contributed by atoms with E-state index in [1.807, 2.05) is 0 Å². The van der Waals surface area contributed by atoms with Crippen molar-refractivity contribution in [1.82, 2.24) is 4.98 Å². The minimum Gasteiger partial charge on any atom is -0.307 e. The van der Waals surface area contributed by atoms with Crippen molar-refractivity contribution in [1.29, 1.82) is 0 Å². The number of aromatic nitrogens is 1. The molecule has 5 heteroatoms. The molecule has 1 amide bonds. The van der Waals surface area contributed by atoms with Gasteiger partial charge in [0.1, 0.15) is 0 Å². The molecule has 0 N–H and O–H groups in total. The molecule has 1 aromatic heterocycles. The molecule has 2 aromatic rings. The predicted octanol–water partition coefficient (Wildman–Crippen LogP) is 2.97. The Bertz CT molecular complexity index is 686. The second-order valence-corrected chi connectivity index (χ2v) is 4.96. The molecule has 0 spiro atoms. The van der Waals surface area contributed by atoms with Crippen LogP contribution in [-0.4, -0.2) is 23.2 Å². The van der Waals surface area contributed by atoms with Crippen molar-refractivity contribution in [3.63, 3.8) is 0 Å². The molecule has 0 unspecified atom stereocenters. The molecule has 0 fully saturated rings. The molecule has 2 heterocycles. The quantitative estimate of drug-likeness (QED) is 0.810. The Hall–Kier alpha value is -2.20. The first-order valence-electron chi connectivity index (χ1n) is 6.21. The number of anilines is 1. The van der Waals surface area contributed by atoms with Gasteiger partial charge in [-0.25, -0.2) is 0 Å². The zero-order valence-corrected chi connectivity index (χ0v) is 11.3. The fourth-order valence-electron chi connectivity index (χ4n) is 2.30. The summed E-state index contributed by atoms with van der Waals surface area (Å²) >= 11 is 5.92. The Labute approximate surface area is 121 Å². The van der Waals surface area contributed by atoms with Gasteiger partial charge >= 0.3 is 0 Å². The van der Waals surface area contributed by atoms with Crippen molar-refractivity contribution in [3.8, 4) is 0 Å². The summed E-state index contributed by atoms with van der Waals surface area (Å²) < 4.78 is 0. The molecule has 0 saturated carbocycles. The number of nitrogens with zero attached hydrogens (tertiary/aromatic N) is 2. The molecular formula is C15H11ClN2O2. The van der Waals surface area contributed by atoms with Crippen molar-refractivity contribution >= 4 is 29.0 Å². The number of ketones is 1. The summed E-state index contributed by atoms with van der Waals surface area (Å²) in [6.45, 7) is 0.384. The maximum absolute atomic E-state index is 12.5. The highest BCUT2D eigenvalue weighted by molar-refractivity contribution is 6.31. The maximum Gasteiger partial charge on any atom is 0.258 e. The molecule has 1 aliphatic rings. The topological polar surface area (TPSA) is 50.3 Å². The molecule has 0 bridgehead atoms. The third-order valence-electron chi connectivity index (χ3n) is 3.28. The Morgan fingerprint density at radius 3 is 2.70 bits per heavy atom. The molecule has 0 radical (unpaired) electrons. The first-order chi connectivity index (χ1) is 9.66. The Kier molecular flexibility index (Phi) is 3.24. The van der Waals surface area contributed by atoms with Gasteiger partial charge in [0.2, 0.25) is 0 Å². The molecule has 100 valence electrons. The third kappa shape index (κ3) is 2.18. The fourth-order valence-corrected chi connectivity index (χ4v) is 2.47. The van der Waals surface area contributed by atoms with Crippen LogP contribution in [0.15, 0.2) is 42.7 Å². The van der Waals surface area contributed by atoms with E-state index in [0.717, 1.165) is 0 Å². The molecule has 0 aliphatic carbocycles. The lowest BCUT2D eigenvalue weighted by Crippen LogP contribution is -2.37. The number of hydrogen-bond acceptors (Lipinski definition) is 3. The first-order valence-corrected chi connectivity index (χ1v) is 6.59. The van der Waals surface area contributed by atoms with E-state index in [0.29, 0.717) is 34.8 Å². The smallest absolute Gasteiger partial charge is 0.258 e. The molecule has 3 rings (SSSR count). The van der Waals surface area contributed by atoms with E-state index in [1.165, 1.54) is 0 Å². The number of amides is 1. The molecule has 1 aliphatic heterocycles. The average Bonchev–Trinajstić information content (AvgIpc) is 2.48. The number of fused-ring (bicyclic) bond motifs is 1. The van der Waals surface area contributed by atoms with Crippen molar-refractivity contribution in [2.45, 2.75) is 6.42 Å². The van der Waals surface area contributed by atoms with Crippen LogP contribution in [0.25, 0.3) is 0 Å². The van der Waals surface area contributed by atoms with E-state index in [1.54, 1.807) is 47.6 Å². The SMILES string of the molecule is O=C1CCN(C(=O)c2ccncc2)c2ccc(Cl)cc21. The monoisotopic (exact) mass is 286 g/mol. The van der Waals surface area contributed by atoms with Crippen LogP contribution in [0.2, 0.25) is 5.02 Å². The number of hydrogen-bond donors (Lipinski definition) is 0. The van der Waals surface area contributed by atoms with Crippen molar-refractivity contribution < 1.29 is 9.59 Å². The van der Waals surface area contributed by atoms with Gasteiger partial charge in [-0.3, -0.25) is 14.6 Å². The second kappa shape index (κ2) is 5.06. The summed E-state index contributed by atoms with van der Waals surface area (Å²) in [5.41, 5.74) is 1.67. The van der Waals surface area contributed by atoms with Crippen LogP contribution in [0, 0.1) is 0 Å². The summed E-state index contributed by atoms with van der Waals surface area (Å²) in [5.74, 6) is -0.121. The van der Waals surface area contributed by atoms with Crippen LogP contribution >= 0.6 is 11.6 Å². The van der Waals surface area contributed by atoms with Crippen LogP contribution in [0.4, 0.5) is 5.69 Å². The number of carbonyl (C=O) groups excluding carboxylic acids is 2. The largest absolute Gasteiger partial charge is 0.307 e. The fraction of sp³-hybridized carbons (Fsp3) is 0.133. The van der Waals surface area contributed by atoms with Crippen LogP contribution < -0.4 is 4.90 Å². The molecule has 1 aromatic carbocycles. The Morgan fingerprint density at radius 1 is 1.20 bits per heavy atom. The van der Waals surface area contributed by atoms with Crippen molar-refractivity contribution in [2.75, 3.05) is 11.4 Å². The minimum atomic E-state index is -0.136. The highest BCUT2D eigenvalue weighted by atomic mass is 35.5. The van der Waals surface area contributed by atoms with E-state index >= 15 is 0 Å². The predicted molar refractivity (Wildman–Crippen MR) is 76.3 cm³/mol. The number of benzene rings is 1. The zero-order chi connectivity index (χ0) is 14.1. The average molecular weight is 287 g/mol. The highest BCUT2D eigenvalue weighted by Crippen LogP contribution is 2.30. The van der Waals surface area contributed by atoms with Gasteiger partial charge in [-0.15, -0.1) is 0 Å². The highest BCUT2D eigenvalue weighted by Gasteiger charge is 2.27. The normalized spacial score (nSPS) is 14.1. The number of Topliss-reactive ketones (excluding diaryl/α,β-unsaturated/α-hetero) is 1. The maximum atomic E-state index is 12.5.